The summed E-state index contributed by atoms with van der Waals surface area (Å²) in [7, 11) is 3.24. The average Bonchev–Trinajstić information content (AvgIpc) is 2.88. The maximum Gasteiger partial charge on any atom is 0.276 e. The van der Waals surface area contributed by atoms with Crippen LogP contribution in [-0.2, 0) is 11.4 Å². The Morgan fingerprint density at radius 1 is 1.22 bits per heavy atom. The van der Waals surface area contributed by atoms with E-state index in [9.17, 15) is 4.79 Å². The molecule has 7 heteroatoms. The van der Waals surface area contributed by atoms with E-state index in [1.807, 2.05) is 43.3 Å². The molecule has 0 unspecified atom stereocenters. The molecular formula is C20H19ClN2O3S. The van der Waals surface area contributed by atoms with Crippen molar-refractivity contribution >= 4 is 40.9 Å². The first kappa shape index (κ1) is 19.2. The summed E-state index contributed by atoms with van der Waals surface area (Å²) in [5, 5.41) is 3.86. The molecule has 3 rings (SSSR count). The third kappa shape index (κ3) is 4.23. The van der Waals surface area contributed by atoms with Crippen LogP contribution in [0.3, 0.4) is 0 Å². The van der Waals surface area contributed by atoms with Crippen molar-refractivity contribution in [3.63, 3.8) is 0 Å². The highest BCUT2D eigenvalue weighted by Crippen LogP contribution is 2.28. The fourth-order valence-electron chi connectivity index (χ4n) is 2.67. The molecule has 0 saturated carbocycles. The third-order valence-electron chi connectivity index (χ3n) is 4.17. The highest BCUT2D eigenvalue weighted by Gasteiger charge is 2.26. The van der Waals surface area contributed by atoms with Crippen molar-refractivity contribution in [1.29, 1.82) is 0 Å². The monoisotopic (exact) mass is 402 g/mol. The maximum atomic E-state index is 12.1. The number of hydrogen-bond acceptors (Lipinski definition) is 4. The molecule has 1 aliphatic heterocycles. The standard InChI is InChI=1S/C20H19ClN2O3S/c1-12-4-6-18(15(21)8-12)26-11-14-9-13(5-7-17(14)25-3)10-16-19(24)23(2)20(27)22-16/h4-10H,11H2,1-3H3,(H,22,27)/b16-10+. The largest absolute Gasteiger partial charge is 0.496 e. The predicted octanol–water partition coefficient (Wildman–Crippen LogP) is 3.92. The minimum atomic E-state index is -0.167. The Kier molecular flexibility index (Phi) is 5.68. The van der Waals surface area contributed by atoms with Crippen LogP contribution in [0.5, 0.6) is 11.5 Å². The smallest absolute Gasteiger partial charge is 0.276 e. The van der Waals surface area contributed by atoms with Gasteiger partial charge in [-0.05, 0) is 60.6 Å². The van der Waals surface area contributed by atoms with E-state index in [0.29, 0.717) is 27.3 Å². The molecule has 140 valence electrons. The molecule has 0 spiro atoms. The lowest BCUT2D eigenvalue weighted by atomic mass is 10.1. The second kappa shape index (κ2) is 7.98. The van der Waals surface area contributed by atoms with E-state index in [1.54, 1.807) is 20.2 Å². The van der Waals surface area contributed by atoms with Crippen molar-refractivity contribution in [2.45, 2.75) is 13.5 Å². The molecule has 0 aromatic heterocycles. The maximum absolute atomic E-state index is 12.1. The van der Waals surface area contributed by atoms with Crippen LogP contribution in [0.2, 0.25) is 5.02 Å². The lowest BCUT2D eigenvalue weighted by Crippen LogP contribution is -2.25. The summed E-state index contributed by atoms with van der Waals surface area (Å²) in [6, 6.07) is 11.2. The van der Waals surface area contributed by atoms with E-state index in [4.69, 9.17) is 33.3 Å². The Morgan fingerprint density at radius 2 is 1.96 bits per heavy atom. The first-order chi connectivity index (χ1) is 12.9. The number of amides is 1. The number of halogens is 1. The van der Waals surface area contributed by atoms with Crippen LogP contribution in [0, 0.1) is 6.92 Å². The van der Waals surface area contributed by atoms with E-state index in [2.05, 4.69) is 5.32 Å². The van der Waals surface area contributed by atoms with Crippen LogP contribution >= 0.6 is 23.8 Å². The minimum absolute atomic E-state index is 0.167. The summed E-state index contributed by atoms with van der Waals surface area (Å²) < 4.78 is 11.3. The van der Waals surface area contributed by atoms with Crippen molar-refractivity contribution in [3.8, 4) is 11.5 Å². The lowest BCUT2D eigenvalue weighted by molar-refractivity contribution is -0.121. The molecule has 1 aliphatic rings. The van der Waals surface area contributed by atoms with Crippen LogP contribution in [0.25, 0.3) is 6.08 Å². The van der Waals surface area contributed by atoms with E-state index in [-0.39, 0.29) is 12.5 Å². The zero-order valence-corrected chi connectivity index (χ0v) is 16.8. The van der Waals surface area contributed by atoms with Crippen molar-refractivity contribution in [2.24, 2.45) is 0 Å². The van der Waals surface area contributed by atoms with E-state index in [0.717, 1.165) is 16.7 Å². The molecule has 2 aromatic rings. The fraction of sp³-hybridized carbons (Fsp3) is 0.200. The van der Waals surface area contributed by atoms with Crippen LogP contribution in [0.4, 0.5) is 0 Å². The van der Waals surface area contributed by atoms with Gasteiger partial charge in [0.25, 0.3) is 5.91 Å². The molecule has 2 aromatic carbocycles. The summed E-state index contributed by atoms with van der Waals surface area (Å²) in [4.78, 5) is 13.5. The zero-order valence-electron chi connectivity index (χ0n) is 15.2. The normalized spacial score (nSPS) is 15.3. The van der Waals surface area contributed by atoms with Gasteiger partial charge < -0.3 is 14.8 Å². The third-order valence-corrected chi connectivity index (χ3v) is 4.84. The number of benzene rings is 2. The predicted molar refractivity (Wildman–Crippen MR) is 110 cm³/mol. The number of nitrogens with one attached hydrogen (secondary N) is 1. The first-order valence-electron chi connectivity index (χ1n) is 8.25. The quantitative estimate of drug-likeness (QED) is 0.606. The fourth-order valence-corrected chi connectivity index (χ4v) is 3.15. The molecular weight excluding hydrogens is 384 g/mol. The topological polar surface area (TPSA) is 50.8 Å². The lowest BCUT2D eigenvalue weighted by Gasteiger charge is -2.12. The van der Waals surface area contributed by atoms with Gasteiger partial charge in [0, 0.05) is 12.6 Å². The molecule has 5 nitrogen and oxygen atoms in total. The Morgan fingerprint density at radius 3 is 2.59 bits per heavy atom. The summed E-state index contributed by atoms with van der Waals surface area (Å²) in [5.74, 6) is 1.13. The van der Waals surface area contributed by atoms with Gasteiger partial charge in [-0.25, -0.2) is 0 Å². The van der Waals surface area contributed by atoms with Gasteiger partial charge in [-0.15, -0.1) is 0 Å². The Hall–Kier alpha value is -2.57. The van der Waals surface area contributed by atoms with Crippen LogP contribution in [-0.4, -0.2) is 30.1 Å². The number of aryl methyl sites for hydroxylation is 1. The molecule has 1 N–H and O–H groups in total. The molecule has 0 bridgehead atoms. The first-order valence-corrected chi connectivity index (χ1v) is 9.04. The molecule has 0 radical (unpaired) electrons. The highest BCUT2D eigenvalue weighted by atomic mass is 35.5. The van der Waals surface area contributed by atoms with Crippen LogP contribution in [0.1, 0.15) is 16.7 Å². The molecule has 0 atom stereocenters. The van der Waals surface area contributed by atoms with Crippen LogP contribution < -0.4 is 14.8 Å². The Labute approximate surface area is 168 Å². The number of carbonyl (C=O) groups is 1. The van der Waals surface area contributed by atoms with Gasteiger partial charge in [0.2, 0.25) is 0 Å². The Bertz CT molecular complexity index is 943. The number of nitrogens with zero attached hydrogens (tertiary/aromatic N) is 1. The van der Waals surface area contributed by atoms with Gasteiger partial charge >= 0.3 is 0 Å². The summed E-state index contributed by atoms with van der Waals surface area (Å²) in [6.07, 6.45) is 1.75. The molecule has 1 heterocycles. The van der Waals surface area contributed by atoms with Gasteiger partial charge in [-0.3, -0.25) is 9.69 Å². The summed E-state index contributed by atoms with van der Waals surface area (Å²) >= 11 is 11.3. The summed E-state index contributed by atoms with van der Waals surface area (Å²) in [5.41, 5.74) is 3.17. The number of ether oxygens (including phenoxy) is 2. The van der Waals surface area contributed by atoms with Crippen molar-refractivity contribution < 1.29 is 14.3 Å². The second-order valence-corrected chi connectivity index (χ2v) is 6.94. The SMILES string of the molecule is COc1ccc(/C=C2/NC(=S)N(C)C2=O)cc1COc1ccc(C)cc1Cl. The van der Waals surface area contributed by atoms with Crippen molar-refractivity contribution in [1.82, 2.24) is 10.2 Å². The molecule has 27 heavy (non-hydrogen) atoms. The second-order valence-electron chi connectivity index (χ2n) is 6.15. The Balaban J connectivity index is 1.84. The zero-order chi connectivity index (χ0) is 19.6. The highest BCUT2D eigenvalue weighted by molar-refractivity contribution is 7.80. The van der Waals surface area contributed by atoms with Gasteiger partial charge in [-0.2, -0.15) is 0 Å². The molecule has 1 amide bonds. The van der Waals surface area contributed by atoms with E-state index in [1.165, 1.54) is 4.90 Å². The van der Waals surface area contributed by atoms with E-state index >= 15 is 0 Å². The van der Waals surface area contributed by atoms with Crippen LogP contribution in [0.15, 0.2) is 42.1 Å². The summed E-state index contributed by atoms with van der Waals surface area (Å²) in [6.45, 7) is 2.25. The number of carbonyl (C=O) groups excluding carboxylic acids is 1. The molecule has 0 aliphatic carbocycles. The number of hydrogen-bond donors (Lipinski definition) is 1. The average molecular weight is 403 g/mol. The number of methoxy groups -OCH3 is 1. The number of thiocarbonyl (C=S) groups is 1. The van der Waals surface area contributed by atoms with E-state index < -0.39 is 0 Å². The van der Waals surface area contributed by atoms with Crippen molar-refractivity contribution in [3.05, 3.63) is 63.8 Å². The van der Waals surface area contributed by atoms with Gasteiger partial charge in [0.15, 0.2) is 5.11 Å². The molecule has 1 saturated heterocycles. The van der Waals surface area contributed by atoms with Gasteiger partial charge in [-0.1, -0.05) is 23.7 Å². The minimum Gasteiger partial charge on any atom is -0.496 e. The van der Waals surface area contributed by atoms with Gasteiger partial charge in [0.1, 0.15) is 23.8 Å². The van der Waals surface area contributed by atoms with Gasteiger partial charge in [0.05, 0.1) is 12.1 Å². The van der Waals surface area contributed by atoms with Crippen molar-refractivity contribution in [2.75, 3.05) is 14.2 Å². The number of rotatable bonds is 5. The molecule has 1 fully saturated rings. The number of likely N-dealkylation sites (N-methyl/N-ethyl adjacent to an activating group) is 1.